The van der Waals surface area contributed by atoms with E-state index in [0.29, 0.717) is 11.0 Å². The minimum Gasteiger partial charge on any atom is -0.297 e. The molecule has 3 rings (SSSR count). The van der Waals surface area contributed by atoms with Crippen molar-refractivity contribution in [1.29, 1.82) is 0 Å². The largest absolute Gasteiger partial charge is 0.297 e. The first-order valence-electron chi connectivity index (χ1n) is 7.69. The number of anilines is 1. The van der Waals surface area contributed by atoms with E-state index in [4.69, 9.17) is 0 Å². The van der Waals surface area contributed by atoms with Crippen molar-refractivity contribution in [3.63, 3.8) is 0 Å². The molecule has 1 fully saturated rings. The third-order valence-electron chi connectivity index (χ3n) is 3.85. The van der Waals surface area contributed by atoms with Crippen molar-refractivity contribution in [1.82, 2.24) is 10.2 Å². The summed E-state index contributed by atoms with van der Waals surface area (Å²) in [4.78, 5) is 11.9. The van der Waals surface area contributed by atoms with Crippen LogP contribution in [0.2, 0.25) is 0 Å². The number of rotatable bonds is 4. The van der Waals surface area contributed by atoms with Gasteiger partial charge in [0.1, 0.15) is 5.01 Å². The molecule has 1 aromatic carbocycles. The molecule has 2 aromatic rings. The lowest BCUT2D eigenvalue weighted by Crippen LogP contribution is -2.07. The van der Waals surface area contributed by atoms with Crippen molar-refractivity contribution < 1.29 is 4.79 Å². The molecule has 114 valence electrons. The highest BCUT2D eigenvalue weighted by atomic mass is 32.1. The summed E-state index contributed by atoms with van der Waals surface area (Å²) in [7, 11) is 0. The zero-order chi connectivity index (χ0) is 15.2. The van der Waals surface area contributed by atoms with Crippen LogP contribution in [0.4, 0.5) is 5.13 Å². The van der Waals surface area contributed by atoms with E-state index in [1.165, 1.54) is 49.5 Å². The normalized spacial score (nSPS) is 16.0. The Morgan fingerprint density at radius 3 is 2.68 bits per heavy atom. The second-order valence-corrected chi connectivity index (χ2v) is 6.52. The molecule has 0 atom stereocenters. The number of hydrogen-bond donors (Lipinski definition) is 1. The number of amides is 1. The van der Waals surface area contributed by atoms with E-state index in [0.717, 1.165) is 10.6 Å². The minimum absolute atomic E-state index is 0.171. The summed E-state index contributed by atoms with van der Waals surface area (Å²) >= 11 is 1.50. The Bertz CT molecular complexity index is 645. The molecule has 1 aliphatic rings. The van der Waals surface area contributed by atoms with E-state index in [-0.39, 0.29) is 5.91 Å². The summed E-state index contributed by atoms with van der Waals surface area (Å²) < 4.78 is 0. The highest BCUT2D eigenvalue weighted by Gasteiger charge is 2.19. The van der Waals surface area contributed by atoms with Crippen LogP contribution >= 0.6 is 11.3 Å². The second kappa shape index (κ2) is 7.31. The molecule has 5 heteroatoms. The Morgan fingerprint density at radius 1 is 1.14 bits per heavy atom. The number of benzene rings is 1. The number of hydrogen-bond acceptors (Lipinski definition) is 4. The average Bonchev–Trinajstić information content (AvgIpc) is 3.03. The SMILES string of the molecule is O=C(/C=C/c1ccccc1)Nc1nnc(C2CCCCC2)s1. The Kier molecular flexibility index (Phi) is 4.96. The molecule has 1 N–H and O–H groups in total. The van der Waals surface area contributed by atoms with Gasteiger partial charge in [-0.25, -0.2) is 0 Å². The summed E-state index contributed by atoms with van der Waals surface area (Å²) in [6.07, 6.45) is 9.56. The van der Waals surface area contributed by atoms with Gasteiger partial charge in [0.15, 0.2) is 0 Å². The average molecular weight is 313 g/mol. The van der Waals surface area contributed by atoms with E-state index >= 15 is 0 Å². The number of carbonyl (C=O) groups is 1. The van der Waals surface area contributed by atoms with Crippen LogP contribution in [0.25, 0.3) is 6.08 Å². The smallest absolute Gasteiger partial charge is 0.250 e. The molecule has 1 saturated carbocycles. The number of carbonyl (C=O) groups excluding carboxylic acids is 1. The first-order valence-corrected chi connectivity index (χ1v) is 8.50. The minimum atomic E-state index is -0.171. The van der Waals surface area contributed by atoms with Crippen LogP contribution in [0, 0.1) is 0 Å². The molecule has 0 unspecified atom stereocenters. The molecule has 1 amide bonds. The van der Waals surface area contributed by atoms with Gasteiger partial charge in [0.05, 0.1) is 0 Å². The van der Waals surface area contributed by atoms with E-state index in [1.54, 1.807) is 6.08 Å². The van der Waals surface area contributed by atoms with E-state index < -0.39 is 0 Å². The fourth-order valence-electron chi connectivity index (χ4n) is 2.68. The maximum Gasteiger partial charge on any atom is 0.250 e. The summed E-state index contributed by atoms with van der Waals surface area (Å²) in [5, 5.41) is 12.8. The standard InChI is InChI=1S/C17H19N3OS/c21-15(12-11-13-7-3-1-4-8-13)18-17-20-19-16(22-17)14-9-5-2-6-10-14/h1,3-4,7-8,11-12,14H,2,5-6,9-10H2,(H,18,20,21)/b12-11+. The van der Waals surface area contributed by atoms with Gasteiger partial charge in [-0.15, -0.1) is 10.2 Å². The summed E-state index contributed by atoms with van der Waals surface area (Å²) in [6.45, 7) is 0. The van der Waals surface area contributed by atoms with Gasteiger partial charge in [0.2, 0.25) is 11.0 Å². The van der Waals surface area contributed by atoms with Gasteiger partial charge < -0.3 is 0 Å². The van der Waals surface area contributed by atoms with Gasteiger partial charge in [-0.05, 0) is 24.5 Å². The highest BCUT2D eigenvalue weighted by molar-refractivity contribution is 7.15. The van der Waals surface area contributed by atoms with Crippen LogP contribution in [0.15, 0.2) is 36.4 Å². The van der Waals surface area contributed by atoms with Crippen molar-refractivity contribution in [2.24, 2.45) is 0 Å². The summed E-state index contributed by atoms with van der Waals surface area (Å²) in [5.74, 6) is 0.354. The molecule has 1 aliphatic carbocycles. The van der Waals surface area contributed by atoms with E-state index in [9.17, 15) is 4.79 Å². The van der Waals surface area contributed by atoms with Crippen LogP contribution in [0.5, 0.6) is 0 Å². The van der Waals surface area contributed by atoms with Gasteiger partial charge in [-0.1, -0.05) is 60.9 Å². The zero-order valence-electron chi connectivity index (χ0n) is 12.4. The first-order chi connectivity index (χ1) is 10.8. The predicted octanol–water partition coefficient (Wildman–Crippen LogP) is 4.24. The van der Waals surface area contributed by atoms with Gasteiger partial charge in [0.25, 0.3) is 0 Å². The second-order valence-electron chi connectivity index (χ2n) is 5.51. The molecule has 4 nitrogen and oxygen atoms in total. The fraction of sp³-hybridized carbons (Fsp3) is 0.353. The van der Waals surface area contributed by atoms with Crippen LogP contribution in [0.1, 0.15) is 48.6 Å². The zero-order valence-corrected chi connectivity index (χ0v) is 13.2. The molecule has 1 aromatic heterocycles. The maximum atomic E-state index is 11.9. The Balaban J connectivity index is 1.57. The van der Waals surface area contributed by atoms with Gasteiger partial charge >= 0.3 is 0 Å². The Morgan fingerprint density at radius 2 is 1.91 bits per heavy atom. The van der Waals surface area contributed by atoms with Crippen LogP contribution in [-0.2, 0) is 4.79 Å². The van der Waals surface area contributed by atoms with Crippen LogP contribution in [0.3, 0.4) is 0 Å². The van der Waals surface area contributed by atoms with Crippen molar-refractivity contribution in [3.05, 3.63) is 47.0 Å². The molecule has 22 heavy (non-hydrogen) atoms. The fourth-order valence-corrected chi connectivity index (χ4v) is 3.60. The molecule has 0 bridgehead atoms. The molecule has 0 saturated heterocycles. The monoisotopic (exact) mass is 313 g/mol. The molecule has 0 radical (unpaired) electrons. The van der Waals surface area contributed by atoms with E-state index in [2.05, 4.69) is 15.5 Å². The number of aromatic nitrogens is 2. The third-order valence-corrected chi connectivity index (χ3v) is 4.85. The first kappa shape index (κ1) is 14.9. The third kappa shape index (κ3) is 4.01. The summed E-state index contributed by atoms with van der Waals surface area (Å²) in [6, 6.07) is 9.74. The van der Waals surface area contributed by atoms with Gasteiger partial charge in [-0.3, -0.25) is 10.1 Å². The number of nitrogens with one attached hydrogen (secondary N) is 1. The van der Waals surface area contributed by atoms with Crippen LogP contribution < -0.4 is 5.32 Å². The van der Waals surface area contributed by atoms with Gasteiger partial charge in [-0.2, -0.15) is 0 Å². The van der Waals surface area contributed by atoms with Crippen molar-refractivity contribution in [2.45, 2.75) is 38.0 Å². The number of nitrogens with zero attached hydrogens (tertiary/aromatic N) is 2. The molecule has 0 aliphatic heterocycles. The van der Waals surface area contributed by atoms with Crippen LogP contribution in [-0.4, -0.2) is 16.1 Å². The van der Waals surface area contributed by atoms with Crippen molar-refractivity contribution >= 4 is 28.5 Å². The lowest BCUT2D eigenvalue weighted by atomic mass is 9.90. The quantitative estimate of drug-likeness (QED) is 0.859. The molecular weight excluding hydrogens is 294 g/mol. The van der Waals surface area contributed by atoms with Gasteiger partial charge in [0, 0.05) is 12.0 Å². The Labute approximate surface area is 134 Å². The van der Waals surface area contributed by atoms with Crippen molar-refractivity contribution in [2.75, 3.05) is 5.32 Å². The summed E-state index contributed by atoms with van der Waals surface area (Å²) in [5.41, 5.74) is 0.998. The molecule has 0 spiro atoms. The predicted molar refractivity (Wildman–Crippen MR) is 89.8 cm³/mol. The lowest BCUT2D eigenvalue weighted by molar-refractivity contribution is -0.111. The molecular formula is C17H19N3OS. The highest BCUT2D eigenvalue weighted by Crippen LogP contribution is 2.35. The Hall–Kier alpha value is -2.01. The topological polar surface area (TPSA) is 54.9 Å². The lowest BCUT2D eigenvalue weighted by Gasteiger charge is -2.18. The van der Waals surface area contributed by atoms with E-state index in [1.807, 2.05) is 30.3 Å². The van der Waals surface area contributed by atoms with Crippen molar-refractivity contribution in [3.8, 4) is 0 Å². The molecule has 1 heterocycles. The maximum absolute atomic E-state index is 11.9.